The van der Waals surface area contributed by atoms with Crippen molar-refractivity contribution in [2.45, 2.75) is 30.7 Å². The highest BCUT2D eigenvalue weighted by Crippen LogP contribution is 2.34. The summed E-state index contributed by atoms with van der Waals surface area (Å²) in [7, 11) is -2.50. The molecule has 0 bridgehead atoms. The van der Waals surface area contributed by atoms with Gasteiger partial charge < -0.3 is 5.32 Å². The minimum absolute atomic E-state index is 0.107. The summed E-state index contributed by atoms with van der Waals surface area (Å²) in [6.07, 6.45) is 5.23. The first-order valence-corrected chi connectivity index (χ1v) is 13.9. The predicted octanol–water partition coefficient (Wildman–Crippen LogP) is 4.83. The third kappa shape index (κ3) is 5.27. The molecule has 5 rings (SSSR count). The molecule has 2 heterocycles. The Morgan fingerprint density at radius 2 is 1.92 bits per heavy atom. The average Bonchev–Trinajstić information content (AvgIpc) is 3.47. The van der Waals surface area contributed by atoms with Crippen LogP contribution < -0.4 is 10.0 Å². The number of halogens is 3. The van der Waals surface area contributed by atoms with E-state index in [1.807, 2.05) is 4.72 Å². The lowest BCUT2D eigenvalue weighted by Gasteiger charge is -2.19. The van der Waals surface area contributed by atoms with Crippen LogP contribution >= 0.6 is 23.2 Å². The van der Waals surface area contributed by atoms with Crippen molar-refractivity contribution in [1.82, 2.24) is 29.6 Å². The zero-order chi connectivity index (χ0) is 27.0. The van der Waals surface area contributed by atoms with Crippen molar-refractivity contribution in [3.05, 3.63) is 81.5 Å². The highest BCUT2D eigenvalue weighted by Gasteiger charge is 2.25. The molecule has 0 saturated heterocycles. The number of allylic oxidation sites excluding steroid dienone is 1. The van der Waals surface area contributed by atoms with E-state index in [1.54, 1.807) is 48.4 Å². The van der Waals surface area contributed by atoms with E-state index in [0.717, 1.165) is 29.4 Å². The van der Waals surface area contributed by atoms with E-state index >= 15 is 4.39 Å². The second-order valence-electron chi connectivity index (χ2n) is 8.93. The first-order valence-electron chi connectivity index (χ1n) is 11.7. The zero-order valence-electron chi connectivity index (χ0n) is 20.2. The smallest absolute Gasteiger partial charge is 0.329 e. The zero-order valence-corrected chi connectivity index (χ0v) is 22.5. The summed E-state index contributed by atoms with van der Waals surface area (Å²) in [5.41, 5.74) is 3.31. The highest BCUT2D eigenvalue weighted by atomic mass is 35.5. The lowest BCUT2D eigenvalue weighted by molar-refractivity contribution is 0.246. The number of urea groups is 1. The predicted molar refractivity (Wildman–Crippen MR) is 143 cm³/mol. The van der Waals surface area contributed by atoms with E-state index in [2.05, 4.69) is 15.5 Å². The molecule has 1 aliphatic carbocycles. The monoisotopic (exact) mass is 576 g/mol. The van der Waals surface area contributed by atoms with Crippen LogP contribution in [-0.2, 0) is 30.0 Å². The Hall–Kier alpha value is -3.41. The fraction of sp³-hybridized carbons (Fsp3) is 0.240. The van der Waals surface area contributed by atoms with Gasteiger partial charge in [0.15, 0.2) is 0 Å². The Kier molecular flexibility index (Phi) is 7.17. The van der Waals surface area contributed by atoms with Crippen LogP contribution in [0.2, 0.25) is 10.0 Å². The molecular formula is C25H23Cl2FN6O3S. The molecule has 198 valence electrons. The number of carbonyl (C=O) groups is 1. The summed E-state index contributed by atoms with van der Waals surface area (Å²) < 4.78 is 46.0. The summed E-state index contributed by atoms with van der Waals surface area (Å²) >= 11 is 12.3. The molecule has 2 N–H and O–H groups in total. The Bertz CT molecular complexity index is 1700. The van der Waals surface area contributed by atoms with Gasteiger partial charge in [-0.25, -0.2) is 22.3 Å². The Labute approximate surface area is 228 Å². The van der Waals surface area contributed by atoms with Gasteiger partial charge in [-0.05, 0) is 60.7 Å². The van der Waals surface area contributed by atoms with Crippen molar-refractivity contribution in [2.75, 3.05) is 6.54 Å². The van der Waals surface area contributed by atoms with Gasteiger partial charge in [-0.3, -0.25) is 9.36 Å². The number of aryl methyl sites for hydroxylation is 2. The van der Waals surface area contributed by atoms with Gasteiger partial charge in [0.25, 0.3) is 10.0 Å². The number of hydrogen-bond acceptors (Lipinski definition) is 5. The molecule has 0 unspecified atom stereocenters. The van der Waals surface area contributed by atoms with Crippen molar-refractivity contribution < 1.29 is 17.6 Å². The van der Waals surface area contributed by atoms with Gasteiger partial charge in [0.1, 0.15) is 5.83 Å². The van der Waals surface area contributed by atoms with Crippen molar-refractivity contribution >= 4 is 55.7 Å². The molecule has 2 aromatic heterocycles. The highest BCUT2D eigenvalue weighted by molar-refractivity contribution is 7.90. The number of aromatic nitrogens is 4. The van der Waals surface area contributed by atoms with Crippen molar-refractivity contribution in [3.8, 4) is 0 Å². The second kappa shape index (κ2) is 10.4. The molecule has 2 amide bonds. The normalized spacial score (nSPS) is 14.8. The molecule has 4 aromatic rings. The van der Waals surface area contributed by atoms with Crippen LogP contribution in [0.1, 0.15) is 29.7 Å². The van der Waals surface area contributed by atoms with Crippen LogP contribution in [0.4, 0.5) is 9.18 Å². The largest absolute Gasteiger partial charge is 0.331 e. The molecule has 0 radical (unpaired) electrons. The van der Waals surface area contributed by atoms with Gasteiger partial charge in [0, 0.05) is 28.1 Å². The molecule has 0 saturated carbocycles. The van der Waals surface area contributed by atoms with Crippen molar-refractivity contribution in [2.24, 2.45) is 7.05 Å². The summed E-state index contributed by atoms with van der Waals surface area (Å²) in [4.78, 5) is 12.3. The van der Waals surface area contributed by atoms with Gasteiger partial charge in [-0.1, -0.05) is 29.3 Å². The maximum Gasteiger partial charge on any atom is 0.329 e. The Morgan fingerprint density at radius 1 is 1.11 bits per heavy atom. The average molecular weight is 577 g/mol. The molecule has 0 fully saturated rings. The van der Waals surface area contributed by atoms with E-state index in [9.17, 15) is 13.2 Å². The number of fused-ring (bicyclic) bond motifs is 2. The molecule has 1 aliphatic rings. The fourth-order valence-corrected chi connectivity index (χ4v) is 5.91. The van der Waals surface area contributed by atoms with Crippen LogP contribution in [0.15, 0.2) is 59.5 Å². The maximum absolute atomic E-state index is 15.4. The van der Waals surface area contributed by atoms with Crippen LogP contribution in [-0.4, -0.2) is 40.6 Å². The van der Waals surface area contributed by atoms with Gasteiger partial charge >= 0.3 is 6.03 Å². The summed E-state index contributed by atoms with van der Waals surface area (Å²) in [6.45, 7) is -0.168. The number of benzene rings is 2. The standard InChI is InChI=1S/C25H23Cl2FN6O3S/c1-33-23-10-19(8-6-15(23)11-30-33)38(36,37)32-25(35)29-13-22(28)20-4-2-3-16-12-31-34(24(16)20)14-17-5-7-18(26)9-21(17)27/h5-12H,2-4,13-14H2,1H3,(H2,29,32,35)/b22-20-. The third-order valence-electron chi connectivity index (χ3n) is 6.40. The van der Waals surface area contributed by atoms with Gasteiger partial charge in [-0.2, -0.15) is 10.2 Å². The van der Waals surface area contributed by atoms with Gasteiger partial charge in [0.2, 0.25) is 0 Å². The van der Waals surface area contributed by atoms with Gasteiger partial charge in [0.05, 0.1) is 41.6 Å². The summed E-state index contributed by atoms with van der Waals surface area (Å²) in [6, 6.07) is 8.50. The minimum atomic E-state index is -4.18. The summed E-state index contributed by atoms with van der Waals surface area (Å²) in [5, 5.41) is 12.6. The maximum atomic E-state index is 15.4. The molecule has 0 aliphatic heterocycles. The van der Waals surface area contributed by atoms with E-state index in [1.165, 1.54) is 16.8 Å². The number of hydrogen-bond donors (Lipinski definition) is 2. The second-order valence-corrected chi connectivity index (χ2v) is 11.5. The van der Waals surface area contributed by atoms with Crippen LogP contribution in [0, 0.1) is 0 Å². The van der Waals surface area contributed by atoms with Crippen LogP contribution in [0.3, 0.4) is 0 Å². The molecule has 9 nitrogen and oxygen atoms in total. The Balaban J connectivity index is 1.31. The topological polar surface area (TPSA) is 111 Å². The number of carbonyl (C=O) groups excluding carboxylic acids is 1. The fourth-order valence-electron chi connectivity index (χ4n) is 4.50. The molecule has 13 heteroatoms. The SMILES string of the molecule is Cn1ncc2ccc(S(=O)(=O)NC(=O)NC/C(F)=C3\CCCc4cnn(Cc5ccc(Cl)cc5Cl)c43)cc21. The lowest BCUT2D eigenvalue weighted by Crippen LogP contribution is -2.40. The lowest BCUT2D eigenvalue weighted by atomic mass is 9.92. The molecule has 0 atom stereocenters. The van der Waals surface area contributed by atoms with E-state index in [-0.39, 0.29) is 4.90 Å². The van der Waals surface area contributed by atoms with Crippen molar-refractivity contribution in [1.29, 1.82) is 0 Å². The number of sulfonamides is 1. The number of amides is 2. The minimum Gasteiger partial charge on any atom is -0.331 e. The number of nitrogens with one attached hydrogen (secondary N) is 2. The van der Waals surface area contributed by atoms with Gasteiger partial charge in [-0.15, -0.1) is 0 Å². The van der Waals surface area contributed by atoms with Crippen LogP contribution in [0.25, 0.3) is 16.5 Å². The first-order chi connectivity index (χ1) is 18.1. The molecule has 2 aromatic carbocycles. The summed E-state index contributed by atoms with van der Waals surface area (Å²) in [5.74, 6) is -0.571. The van der Waals surface area contributed by atoms with Crippen LogP contribution in [0.5, 0.6) is 0 Å². The number of rotatable bonds is 6. The first kappa shape index (κ1) is 26.2. The van der Waals surface area contributed by atoms with E-state index in [4.69, 9.17) is 23.2 Å². The molecular weight excluding hydrogens is 554 g/mol. The quantitative estimate of drug-likeness (QED) is 0.341. The molecule has 0 spiro atoms. The Morgan fingerprint density at radius 3 is 2.71 bits per heavy atom. The third-order valence-corrected chi connectivity index (χ3v) is 8.31. The number of nitrogens with zero attached hydrogens (tertiary/aromatic N) is 4. The van der Waals surface area contributed by atoms with E-state index < -0.39 is 28.4 Å². The van der Waals surface area contributed by atoms with Crippen molar-refractivity contribution in [3.63, 3.8) is 0 Å². The van der Waals surface area contributed by atoms with E-state index in [0.29, 0.717) is 39.8 Å². The molecule has 38 heavy (non-hydrogen) atoms.